The van der Waals surface area contributed by atoms with Gasteiger partial charge in [-0.05, 0) is 37.3 Å². The molecule has 0 radical (unpaired) electrons. The van der Waals surface area contributed by atoms with Crippen molar-refractivity contribution in [2.45, 2.75) is 32.6 Å². The van der Waals surface area contributed by atoms with Crippen molar-refractivity contribution in [2.24, 2.45) is 5.92 Å². The number of nitrogens with one attached hydrogen (secondary N) is 1. The number of thiazole rings is 1. The Labute approximate surface area is 155 Å². The topological polar surface area (TPSA) is 79.4 Å². The Bertz CT molecular complexity index is 870. The van der Waals surface area contributed by atoms with Gasteiger partial charge in [-0.2, -0.15) is 0 Å². The minimum absolute atomic E-state index is 0.0616. The molecule has 2 aromatic rings. The lowest BCUT2D eigenvalue weighted by Gasteiger charge is -2.15. The molecule has 0 fully saturated rings. The van der Waals surface area contributed by atoms with Crippen LogP contribution < -0.4 is 5.32 Å². The largest absolute Gasteiger partial charge is 0.302 e. The third kappa shape index (κ3) is 3.03. The lowest BCUT2D eigenvalue weighted by molar-refractivity contribution is -0.116. The summed E-state index contributed by atoms with van der Waals surface area (Å²) in [5, 5.41) is 3.42. The van der Waals surface area contributed by atoms with Crippen LogP contribution in [0.2, 0.25) is 0 Å². The molecule has 1 aromatic heterocycles. The van der Waals surface area contributed by atoms with Crippen molar-refractivity contribution in [3.05, 3.63) is 46.0 Å². The highest BCUT2D eigenvalue weighted by Crippen LogP contribution is 2.32. The predicted molar refractivity (Wildman–Crippen MR) is 98.4 cm³/mol. The zero-order valence-electron chi connectivity index (χ0n) is 14.4. The Balaban J connectivity index is 1.37. The van der Waals surface area contributed by atoms with Gasteiger partial charge in [0.05, 0.1) is 16.8 Å². The highest BCUT2D eigenvalue weighted by molar-refractivity contribution is 7.15. The van der Waals surface area contributed by atoms with Gasteiger partial charge in [-0.25, -0.2) is 4.98 Å². The highest BCUT2D eigenvalue weighted by atomic mass is 32.1. The number of hydrogen-bond acceptors (Lipinski definition) is 5. The van der Waals surface area contributed by atoms with Crippen molar-refractivity contribution in [2.75, 3.05) is 11.9 Å². The van der Waals surface area contributed by atoms with Gasteiger partial charge in [0.1, 0.15) is 0 Å². The van der Waals surface area contributed by atoms with E-state index in [0.717, 1.165) is 29.9 Å². The van der Waals surface area contributed by atoms with Gasteiger partial charge in [-0.15, -0.1) is 11.3 Å². The average molecular weight is 369 g/mol. The van der Waals surface area contributed by atoms with E-state index in [2.05, 4.69) is 17.2 Å². The molecule has 134 valence electrons. The molecular formula is C19H19N3O3S. The summed E-state index contributed by atoms with van der Waals surface area (Å²) in [6.45, 7) is 2.29. The third-order valence-electron chi connectivity index (χ3n) is 4.87. The van der Waals surface area contributed by atoms with Gasteiger partial charge in [0.25, 0.3) is 11.8 Å². The van der Waals surface area contributed by atoms with Crippen LogP contribution in [0.15, 0.2) is 24.3 Å². The Morgan fingerprint density at radius 2 is 1.96 bits per heavy atom. The number of aryl methyl sites for hydroxylation is 1. The Morgan fingerprint density at radius 3 is 2.65 bits per heavy atom. The van der Waals surface area contributed by atoms with E-state index < -0.39 is 0 Å². The van der Waals surface area contributed by atoms with Gasteiger partial charge in [-0.1, -0.05) is 19.1 Å². The first-order chi connectivity index (χ1) is 12.5. The van der Waals surface area contributed by atoms with Crippen LogP contribution in [0.1, 0.15) is 51.1 Å². The number of amides is 3. The van der Waals surface area contributed by atoms with E-state index in [9.17, 15) is 14.4 Å². The Hall–Kier alpha value is -2.54. The molecule has 1 N–H and O–H groups in total. The predicted octanol–water partition coefficient (Wildman–Crippen LogP) is 2.89. The van der Waals surface area contributed by atoms with Crippen LogP contribution in [0.25, 0.3) is 0 Å². The molecule has 0 bridgehead atoms. The number of benzene rings is 1. The number of nitrogens with zero attached hydrogens (tertiary/aromatic N) is 2. The molecule has 0 unspecified atom stereocenters. The second kappa shape index (κ2) is 6.64. The number of carbonyl (C=O) groups is 3. The van der Waals surface area contributed by atoms with Gasteiger partial charge in [0.15, 0.2) is 5.13 Å². The van der Waals surface area contributed by atoms with Crippen molar-refractivity contribution < 1.29 is 14.4 Å². The summed E-state index contributed by atoms with van der Waals surface area (Å²) in [7, 11) is 0. The maximum atomic E-state index is 12.3. The van der Waals surface area contributed by atoms with Crippen molar-refractivity contribution in [3.8, 4) is 0 Å². The number of carbonyl (C=O) groups excluding carboxylic acids is 3. The first-order valence-corrected chi connectivity index (χ1v) is 9.58. The zero-order valence-corrected chi connectivity index (χ0v) is 15.3. The molecule has 0 saturated heterocycles. The normalized spacial score (nSPS) is 18.7. The van der Waals surface area contributed by atoms with Crippen LogP contribution in [0.5, 0.6) is 0 Å². The molecule has 1 aromatic carbocycles. The maximum Gasteiger partial charge on any atom is 0.261 e. The first-order valence-electron chi connectivity index (χ1n) is 8.76. The second-order valence-corrected chi connectivity index (χ2v) is 7.93. The molecule has 7 heteroatoms. The summed E-state index contributed by atoms with van der Waals surface area (Å²) in [4.78, 5) is 43.7. The van der Waals surface area contributed by atoms with Crippen LogP contribution >= 0.6 is 11.3 Å². The number of hydrogen-bond donors (Lipinski definition) is 1. The monoisotopic (exact) mass is 369 g/mol. The maximum absolute atomic E-state index is 12.3. The minimum atomic E-state index is -0.336. The van der Waals surface area contributed by atoms with Crippen molar-refractivity contribution in [3.63, 3.8) is 0 Å². The van der Waals surface area contributed by atoms with E-state index in [1.165, 1.54) is 16.2 Å². The van der Waals surface area contributed by atoms with Crippen LogP contribution in [-0.2, 0) is 17.6 Å². The fourth-order valence-corrected chi connectivity index (χ4v) is 4.62. The van der Waals surface area contributed by atoms with E-state index in [-0.39, 0.29) is 30.7 Å². The number of imide groups is 1. The van der Waals surface area contributed by atoms with Gasteiger partial charge in [0, 0.05) is 17.8 Å². The van der Waals surface area contributed by atoms with E-state index in [0.29, 0.717) is 22.2 Å². The highest BCUT2D eigenvalue weighted by Gasteiger charge is 2.35. The van der Waals surface area contributed by atoms with Gasteiger partial charge in [-0.3, -0.25) is 19.3 Å². The van der Waals surface area contributed by atoms with E-state index in [1.54, 1.807) is 24.3 Å². The second-order valence-electron chi connectivity index (χ2n) is 6.84. The Kier molecular flexibility index (Phi) is 4.32. The average Bonchev–Trinajstić information content (AvgIpc) is 3.12. The van der Waals surface area contributed by atoms with Gasteiger partial charge >= 0.3 is 0 Å². The molecule has 0 spiro atoms. The fourth-order valence-electron chi connectivity index (χ4n) is 3.43. The first kappa shape index (κ1) is 16.9. The summed E-state index contributed by atoms with van der Waals surface area (Å²) < 4.78 is 0. The third-order valence-corrected chi connectivity index (χ3v) is 5.91. The van der Waals surface area contributed by atoms with Gasteiger partial charge in [0.2, 0.25) is 5.91 Å². The van der Waals surface area contributed by atoms with E-state index in [4.69, 9.17) is 0 Å². The number of fused-ring (bicyclic) bond motifs is 2. The minimum Gasteiger partial charge on any atom is -0.302 e. The molecule has 4 rings (SSSR count). The zero-order chi connectivity index (χ0) is 18.3. The lowest BCUT2D eigenvalue weighted by Crippen LogP contribution is -2.32. The summed E-state index contributed by atoms with van der Waals surface area (Å²) >= 11 is 1.53. The molecule has 1 atom stereocenters. The van der Waals surface area contributed by atoms with Crippen LogP contribution in [0, 0.1) is 5.92 Å². The van der Waals surface area contributed by atoms with Crippen LogP contribution in [0.3, 0.4) is 0 Å². The Morgan fingerprint density at radius 1 is 1.27 bits per heavy atom. The smallest absolute Gasteiger partial charge is 0.261 e. The van der Waals surface area contributed by atoms with E-state index in [1.807, 2.05) is 0 Å². The van der Waals surface area contributed by atoms with Crippen molar-refractivity contribution in [1.82, 2.24) is 9.88 Å². The van der Waals surface area contributed by atoms with Crippen molar-refractivity contribution in [1.29, 1.82) is 0 Å². The number of rotatable bonds is 4. The molecule has 6 nitrogen and oxygen atoms in total. The molecule has 1 aliphatic carbocycles. The molecular weight excluding hydrogens is 350 g/mol. The van der Waals surface area contributed by atoms with Gasteiger partial charge < -0.3 is 5.32 Å². The van der Waals surface area contributed by atoms with E-state index >= 15 is 0 Å². The SMILES string of the molecule is C[C@H]1CCc2nc(NC(=O)CCN3C(=O)c4ccccc4C3=O)sc2C1. The summed E-state index contributed by atoms with van der Waals surface area (Å²) in [5.41, 5.74) is 1.89. The summed E-state index contributed by atoms with van der Waals surface area (Å²) in [6, 6.07) is 6.73. The molecule has 3 amide bonds. The fraction of sp³-hybridized carbons (Fsp3) is 0.368. The molecule has 0 saturated carbocycles. The summed E-state index contributed by atoms with van der Waals surface area (Å²) in [6.07, 6.45) is 3.16. The quantitative estimate of drug-likeness (QED) is 0.841. The van der Waals surface area contributed by atoms with Crippen LogP contribution in [0.4, 0.5) is 5.13 Å². The van der Waals surface area contributed by atoms with Crippen molar-refractivity contribution >= 4 is 34.2 Å². The van der Waals surface area contributed by atoms with Crippen LogP contribution in [-0.4, -0.2) is 34.2 Å². The summed E-state index contributed by atoms with van der Waals surface area (Å²) in [5.74, 6) is -0.254. The lowest BCUT2D eigenvalue weighted by atomic mass is 9.93. The molecule has 2 aliphatic rings. The molecule has 1 aliphatic heterocycles. The number of anilines is 1. The molecule has 26 heavy (non-hydrogen) atoms. The standard InChI is InChI=1S/C19H19N3O3S/c1-11-6-7-14-15(10-11)26-19(20-14)21-16(23)8-9-22-17(24)12-4-2-3-5-13(12)18(22)25/h2-5,11H,6-10H2,1H3,(H,20,21,23)/t11-/m0/s1. The molecule has 2 heterocycles. The number of aromatic nitrogens is 1.